The highest BCUT2D eigenvalue weighted by Crippen LogP contribution is 2.30. The Morgan fingerprint density at radius 2 is 1.70 bits per heavy atom. The highest BCUT2D eigenvalue weighted by molar-refractivity contribution is 5.95. The third-order valence-electron chi connectivity index (χ3n) is 5.47. The maximum atomic E-state index is 5.44. The summed E-state index contributed by atoms with van der Waals surface area (Å²) in [5.74, 6) is 0. The molecular weight excluding hydrogens is 334 g/mol. The van der Waals surface area contributed by atoms with E-state index in [1.807, 2.05) is 6.33 Å². The summed E-state index contributed by atoms with van der Waals surface area (Å²) < 4.78 is 7.71. The van der Waals surface area contributed by atoms with Gasteiger partial charge in [-0.1, -0.05) is 48.5 Å². The quantitative estimate of drug-likeness (QED) is 0.549. The molecule has 4 nitrogen and oxygen atoms in total. The van der Waals surface area contributed by atoms with Crippen molar-refractivity contribution in [3.05, 3.63) is 67.0 Å². The van der Waals surface area contributed by atoms with Gasteiger partial charge in [0.1, 0.15) is 0 Å². The summed E-state index contributed by atoms with van der Waals surface area (Å²) in [6.45, 7) is 5.73. The second kappa shape index (κ2) is 7.14. The molecule has 4 heteroatoms. The first kappa shape index (κ1) is 16.5. The molecule has 0 bridgehead atoms. The Balaban J connectivity index is 1.47. The van der Waals surface area contributed by atoms with Crippen LogP contribution >= 0.6 is 0 Å². The van der Waals surface area contributed by atoms with Crippen LogP contribution in [-0.2, 0) is 11.3 Å². The van der Waals surface area contributed by atoms with Gasteiger partial charge in [0.25, 0.3) is 0 Å². The zero-order valence-corrected chi connectivity index (χ0v) is 15.3. The molecule has 136 valence electrons. The van der Waals surface area contributed by atoms with Crippen molar-refractivity contribution in [2.45, 2.75) is 6.54 Å². The molecule has 0 radical (unpaired) electrons. The Labute approximate surface area is 159 Å². The lowest BCUT2D eigenvalue weighted by molar-refractivity contribution is 0.0365. The lowest BCUT2D eigenvalue weighted by atomic mass is 10.0. The molecule has 1 aliphatic rings. The third kappa shape index (κ3) is 3.22. The Bertz CT molecular complexity index is 1080. The van der Waals surface area contributed by atoms with Crippen molar-refractivity contribution in [3.8, 4) is 11.1 Å². The number of rotatable bonds is 4. The van der Waals surface area contributed by atoms with Gasteiger partial charge in [-0.2, -0.15) is 0 Å². The summed E-state index contributed by atoms with van der Waals surface area (Å²) in [6.07, 6.45) is 1.98. The summed E-state index contributed by atoms with van der Waals surface area (Å²) in [7, 11) is 0. The van der Waals surface area contributed by atoms with E-state index in [-0.39, 0.29) is 0 Å². The van der Waals surface area contributed by atoms with Gasteiger partial charge in [0.05, 0.1) is 30.6 Å². The summed E-state index contributed by atoms with van der Waals surface area (Å²) in [5, 5.41) is 2.53. The second-order valence-electron chi connectivity index (χ2n) is 7.13. The number of morpholine rings is 1. The van der Waals surface area contributed by atoms with Crippen molar-refractivity contribution in [3.63, 3.8) is 0 Å². The maximum Gasteiger partial charge on any atom is 0.0963 e. The number of fused-ring (bicyclic) bond motifs is 2. The fourth-order valence-electron chi connectivity index (χ4n) is 3.93. The molecule has 1 saturated heterocycles. The van der Waals surface area contributed by atoms with Gasteiger partial charge in [-0.15, -0.1) is 0 Å². The topological polar surface area (TPSA) is 30.3 Å². The number of nitrogens with zero attached hydrogens (tertiary/aromatic N) is 3. The van der Waals surface area contributed by atoms with Crippen LogP contribution in [0, 0.1) is 0 Å². The minimum Gasteiger partial charge on any atom is -0.379 e. The molecule has 1 aliphatic heterocycles. The van der Waals surface area contributed by atoms with Crippen molar-refractivity contribution in [2.75, 3.05) is 32.8 Å². The van der Waals surface area contributed by atoms with Crippen LogP contribution < -0.4 is 0 Å². The lowest BCUT2D eigenvalue weighted by Gasteiger charge is -2.26. The largest absolute Gasteiger partial charge is 0.379 e. The van der Waals surface area contributed by atoms with Gasteiger partial charge in [0, 0.05) is 31.7 Å². The minimum absolute atomic E-state index is 0.844. The van der Waals surface area contributed by atoms with Gasteiger partial charge < -0.3 is 9.30 Å². The third-order valence-corrected chi connectivity index (χ3v) is 5.47. The summed E-state index contributed by atoms with van der Waals surface area (Å²) >= 11 is 0. The molecule has 0 amide bonds. The number of benzene rings is 3. The van der Waals surface area contributed by atoms with Crippen LogP contribution in [0.15, 0.2) is 67.0 Å². The Morgan fingerprint density at radius 1 is 0.852 bits per heavy atom. The average Bonchev–Trinajstić information content (AvgIpc) is 3.16. The van der Waals surface area contributed by atoms with E-state index in [9.17, 15) is 0 Å². The number of hydrogen-bond donors (Lipinski definition) is 0. The van der Waals surface area contributed by atoms with Crippen molar-refractivity contribution < 1.29 is 4.74 Å². The second-order valence-corrected chi connectivity index (χ2v) is 7.13. The zero-order chi connectivity index (χ0) is 18.1. The van der Waals surface area contributed by atoms with Crippen molar-refractivity contribution >= 4 is 21.8 Å². The predicted octanol–water partition coefficient (Wildman–Crippen LogP) is 4.19. The van der Waals surface area contributed by atoms with E-state index >= 15 is 0 Å². The van der Waals surface area contributed by atoms with Gasteiger partial charge in [0.2, 0.25) is 0 Å². The average molecular weight is 357 g/mol. The summed E-state index contributed by atoms with van der Waals surface area (Å²) in [4.78, 5) is 7.22. The molecule has 0 N–H and O–H groups in total. The Morgan fingerprint density at radius 3 is 2.59 bits per heavy atom. The summed E-state index contributed by atoms with van der Waals surface area (Å²) in [6, 6.07) is 21.6. The fraction of sp³-hybridized carbons (Fsp3) is 0.261. The van der Waals surface area contributed by atoms with Crippen LogP contribution in [0.25, 0.3) is 32.9 Å². The molecule has 0 saturated carbocycles. The fourth-order valence-corrected chi connectivity index (χ4v) is 3.93. The highest BCUT2D eigenvalue weighted by atomic mass is 16.5. The maximum absolute atomic E-state index is 5.44. The number of aromatic nitrogens is 2. The van der Waals surface area contributed by atoms with Crippen molar-refractivity contribution in [1.82, 2.24) is 14.5 Å². The van der Waals surface area contributed by atoms with Crippen LogP contribution in [0.2, 0.25) is 0 Å². The zero-order valence-electron chi connectivity index (χ0n) is 15.3. The molecule has 27 heavy (non-hydrogen) atoms. The standard InChI is InChI=1S/C23H23N3O/c1-2-5-19-16-20(9-8-18(19)4-1)21-6-3-7-22-23(21)24-17-26(22)11-10-25-12-14-27-15-13-25/h1-9,16-17H,10-15H2. The first-order chi connectivity index (χ1) is 13.4. The van der Waals surface area contributed by atoms with Gasteiger partial charge in [-0.05, 0) is 28.5 Å². The number of hydrogen-bond acceptors (Lipinski definition) is 3. The molecule has 3 aromatic carbocycles. The number of imidazole rings is 1. The van der Waals surface area contributed by atoms with Crippen molar-refractivity contribution in [1.29, 1.82) is 0 Å². The SMILES string of the molecule is c1ccc2cc(-c3cccc4c3ncn4CCN3CCOCC3)ccc2c1. The Kier molecular flexibility index (Phi) is 4.36. The lowest BCUT2D eigenvalue weighted by Crippen LogP contribution is -2.38. The van der Waals surface area contributed by atoms with E-state index in [1.165, 1.54) is 27.4 Å². The first-order valence-electron chi connectivity index (χ1n) is 9.62. The van der Waals surface area contributed by atoms with E-state index in [1.54, 1.807) is 0 Å². The minimum atomic E-state index is 0.844. The van der Waals surface area contributed by atoms with E-state index in [0.717, 1.165) is 44.9 Å². The van der Waals surface area contributed by atoms with Crippen LogP contribution in [-0.4, -0.2) is 47.3 Å². The van der Waals surface area contributed by atoms with Crippen LogP contribution in [0.3, 0.4) is 0 Å². The van der Waals surface area contributed by atoms with E-state index in [2.05, 4.69) is 70.1 Å². The van der Waals surface area contributed by atoms with Gasteiger partial charge in [-0.3, -0.25) is 4.90 Å². The van der Waals surface area contributed by atoms with Gasteiger partial charge >= 0.3 is 0 Å². The molecule has 2 heterocycles. The molecule has 4 aromatic rings. The predicted molar refractivity (Wildman–Crippen MR) is 110 cm³/mol. The smallest absolute Gasteiger partial charge is 0.0963 e. The Hall–Kier alpha value is -2.69. The molecule has 0 unspecified atom stereocenters. The number of ether oxygens (including phenoxy) is 1. The first-order valence-corrected chi connectivity index (χ1v) is 9.62. The molecule has 0 aliphatic carbocycles. The molecule has 0 atom stereocenters. The van der Waals surface area contributed by atoms with Crippen molar-refractivity contribution in [2.24, 2.45) is 0 Å². The molecule has 0 spiro atoms. The van der Waals surface area contributed by atoms with E-state index in [0.29, 0.717) is 0 Å². The van der Waals surface area contributed by atoms with Crippen LogP contribution in [0.1, 0.15) is 0 Å². The van der Waals surface area contributed by atoms with Gasteiger partial charge in [-0.25, -0.2) is 4.98 Å². The molecule has 1 fully saturated rings. The van der Waals surface area contributed by atoms with Crippen LogP contribution in [0.5, 0.6) is 0 Å². The summed E-state index contributed by atoms with van der Waals surface area (Å²) in [5.41, 5.74) is 4.70. The number of para-hydroxylation sites is 1. The van der Waals surface area contributed by atoms with Crippen LogP contribution in [0.4, 0.5) is 0 Å². The molecule has 5 rings (SSSR count). The molecular formula is C23H23N3O. The monoisotopic (exact) mass is 357 g/mol. The normalized spacial score (nSPS) is 15.6. The molecule has 1 aromatic heterocycles. The van der Waals surface area contributed by atoms with Gasteiger partial charge in [0.15, 0.2) is 0 Å². The van der Waals surface area contributed by atoms with E-state index < -0.39 is 0 Å². The highest BCUT2D eigenvalue weighted by Gasteiger charge is 2.12. The van der Waals surface area contributed by atoms with E-state index in [4.69, 9.17) is 9.72 Å².